The molecule has 4 nitrogen and oxygen atoms in total. The highest BCUT2D eigenvalue weighted by molar-refractivity contribution is 5.85. The molecule has 1 amide bonds. The van der Waals surface area contributed by atoms with Gasteiger partial charge in [0.05, 0.1) is 13.1 Å². The molecule has 0 aliphatic carbocycles. The molecule has 0 saturated heterocycles. The van der Waals surface area contributed by atoms with Gasteiger partial charge in [-0.15, -0.1) is 12.4 Å². The molecule has 0 radical (unpaired) electrons. The van der Waals surface area contributed by atoms with Gasteiger partial charge in [-0.25, -0.2) is 8.78 Å². The summed E-state index contributed by atoms with van der Waals surface area (Å²) in [6.45, 7) is -4.53. The van der Waals surface area contributed by atoms with Crippen LogP contribution in [0.1, 0.15) is 0 Å². The van der Waals surface area contributed by atoms with Crippen LogP contribution in [-0.4, -0.2) is 44.3 Å². The lowest BCUT2D eigenvalue weighted by Gasteiger charge is -2.14. The van der Waals surface area contributed by atoms with Crippen LogP contribution in [0.4, 0.5) is 22.0 Å². The number of amides is 1. The highest BCUT2D eigenvalue weighted by atomic mass is 35.5. The lowest BCUT2D eigenvalue weighted by molar-refractivity contribution is -0.175. The zero-order valence-corrected chi connectivity index (χ0v) is 9.34. The molecule has 0 saturated carbocycles. The number of nitrogens with one attached hydrogen (secondary N) is 1. The van der Waals surface area contributed by atoms with Crippen molar-refractivity contribution >= 4 is 18.3 Å². The van der Waals surface area contributed by atoms with Crippen molar-refractivity contribution in [2.24, 2.45) is 5.73 Å². The molecule has 0 fully saturated rings. The first-order chi connectivity index (χ1) is 7.16. The van der Waals surface area contributed by atoms with E-state index in [1.807, 2.05) is 0 Å². The molecule has 0 aliphatic rings. The molecule has 0 atom stereocenters. The van der Waals surface area contributed by atoms with Crippen LogP contribution in [0.5, 0.6) is 0 Å². The van der Waals surface area contributed by atoms with E-state index in [1.165, 1.54) is 0 Å². The van der Waals surface area contributed by atoms with E-state index in [2.05, 4.69) is 10.5 Å². The van der Waals surface area contributed by atoms with E-state index < -0.39 is 44.3 Å². The van der Waals surface area contributed by atoms with Gasteiger partial charge in [-0.3, -0.25) is 4.79 Å². The Balaban J connectivity index is 0. The summed E-state index contributed by atoms with van der Waals surface area (Å²) in [5.74, 6) is -4.34. The summed E-state index contributed by atoms with van der Waals surface area (Å²) in [5, 5.41) is 1.70. The summed E-state index contributed by atoms with van der Waals surface area (Å²) < 4.78 is 63.5. The number of hydrogen-bond donors (Lipinski definition) is 2. The molecule has 0 spiro atoms. The van der Waals surface area contributed by atoms with Gasteiger partial charge in [0.2, 0.25) is 5.91 Å². The first kappa shape index (κ1) is 18.7. The highest BCUT2D eigenvalue weighted by Crippen LogP contribution is 2.14. The number of hydrogen-bond acceptors (Lipinski definition) is 3. The van der Waals surface area contributed by atoms with E-state index in [0.29, 0.717) is 0 Å². The fourth-order valence-corrected chi connectivity index (χ4v) is 0.611. The number of ether oxygens (including phenoxy) is 1. The van der Waals surface area contributed by atoms with Gasteiger partial charge in [-0.05, 0) is 0 Å². The quantitative estimate of drug-likeness (QED) is 0.707. The average molecular weight is 287 g/mol. The van der Waals surface area contributed by atoms with Crippen LogP contribution in [0.3, 0.4) is 0 Å². The Labute approximate surface area is 100 Å². The molecule has 0 aromatic heterocycles. The normalized spacial score (nSPS) is 11.9. The van der Waals surface area contributed by atoms with Crippen molar-refractivity contribution in [3.8, 4) is 0 Å². The number of carbonyl (C=O) groups excluding carboxylic acids is 1. The summed E-state index contributed by atoms with van der Waals surface area (Å²) >= 11 is 0. The van der Waals surface area contributed by atoms with E-state index in [1.54, 1.807) is 5.32 Å². The van der Waals surface area contributed by atoms with Crippen molar-refractivity contribution in [2.75, 3.05) is 26.3 Å². The number of carbonyl (C=O) groups is 1. The Morgan fingerprint density at radius 1 is 1.24 bits per heavy atom. The van der Waals surface area contributed by atoms with E-state index >= 15 is 0 Å². The second kappa shape index (κ2) is 7.62. The Morgan fingerprint density at radius 3 is 2.18 bits per heavy atom. The van der Waals surface area contributed by atoms with Gasteiger partial charge in [0.25, 0.3) is 5.92 Å². The minimum atomic E-state index is -4.55. The summed E-state index contributed by atoms with van der Waals surface area (Å²) in [5.41, 5.74) is 4.67. The first-order valence-corrected chi connectivity index (χ1v) is 4.15. The largest absolute Gasteiger partial charge is 0.411 e. The molecule has 17 heavy (non-hydrogen) atoms. The third-order valence-corrected chi connectivity index (χ3v) is 1.34. The second-order valence-electron chi connectivity index (χ2n) is 2.94. The van der Waals surface area contributed by atoms with Gasteiger partial charge in [-0.1, -0.05) is 0 Å². The summed E-state index contributed by atoms with van der Waals surface area (Å²) in [4.78, 5) is 10.7. The average Bonchev–Trinajstić information content (AvgIpc) is 2.13. The van der Waals surface area contributed by atoms with Gasteiger partial charge < -0.3 is 15.8 Å². The van der Waals surface area contributed by atoms with Gasteiger partial charge in [0, 0.05) is 0 Å². The number of halogens is 6. The zero-order chi connectivity index (χ0) is 12.8. The van der Waals surface area contributed by atoms with Crippen molar-refractivity contribution < 1.29 is 31.5 Å². The Bertz CT molecular complexity index is 237. The molecule has 0 unspecified atom stereocenters. The van der Waals surface area contributed by atoms with Crippen molar-refractivity contribution in [2.45, 2.75) is 12.1 Å². The van der Waals surface area contributed by atoms with Crippen molar-refractivity contribution in [1.82, 2.24) is 5.32 Å². The molecule has 3 N–H and O–H groups in total. The molecule has 10 heteroatoms. The predicted octanol–water partition coefficient (Wildman–Crippen LogP) is 0.697. The SMILES string of the molecule is Cl.NCC(F)(F)CNC(=O)COCC(F)(F)F. The fraction of sp³-hybridized carbons (Fsp3) is 0.857. The zero-order valence-electron chi connectivity index (χ0n) is 8.52. The molecular formula is C7H12ClF5N2O2. The summed E-state index contributed by atoms with van der Waals surface area (Å²) in [7, 11) is 0. The monoisotopic (exact) mass is 286 g/mol. The molecule has 0 heterocycles. The van der Waals surface area contributed by atoms with Crippen molar-refractivity contribution in [3.63, 3.8) is 0 Å². The van der Waals surface area contributed by atoms with Gasteiger partial charge in [0.15, 0.2) is 0 Å². The third kappa shape index (κ3) is 11.6. The molecule has 0 aromatic rings. The second-order valence-corrected chi connectivity index (χ2v) is 2.94. The van der Waals surface area contributed by atoms with Crippen LogP contribution in [0.15, 0.2) is 0 Å². The van der Waals surface area contributed by atoms with Crippen LogP contribution in [0.25, 0.3) is 0 Å². The molecule has 104 valence electrons. The third-order valence-electron chi connectivity index (χ3n) is 1.34. The number of nitrogens with two attached hydrogens (primary N) is 1. The predicted molar refractivity (Wildman–Crippen MR) is 51.1 cm³/mol. The molecule has 0 rings (SSSR count). The van der Waals surface area contributed by atoms with Gasteiger partial charge in [-0.2, -0.15) is 13.2 Å². The first-order valence-electron chi connectivity index (χ1n) is 4.15. The van der Waals surface area contributed by atoms with E-state index in [4.69, 9.17) is 0 Å². The minimum Gasteiger partial charge on any atom is -0.362 e. The maximum absolute atomic E-state index is 12.5. The topological polar surface area (TPSA) is 64.3 Å². The fourth-order valence-electron chi connectivity index (χ4n) is 0.611. The minimum absolute atomic E-state index is 0. The Kier molecular flexibility index (Phi) is 8.37. The van der Waals surface area contributed by atoms with Gasteiger partial charge >= 0.3 is 6.18 Å². The van der Waals surface area contributed by atoms with E-state index in [-0.39, 0.29) is 12.4 Å². The summed E-state index contributed by atoms with van der Waals surface area (Å²) in [6.07, 6.45) is -4.55. The van der Waals surface area contributed by atoms with Crippen LogP contribution < -0.4 is 11.1 Å². The molecule has 0 bridgehead atoms. The lowest BCUT2D eigenvalue weighted by atomic mass is 10.3. The van der Waals surface area contributed by atoms with Crippen LogP contribution in [-0.2, 0) is 9.53 Å². The number of alkyl halides is 5. The van der Waals surface area contributed by atoms with Crippen LogP contribution in [0, 0.1) is 0 Å². The lowest BCUT2D eigenvalue weighted by Crippen LogP contribution is -2.42. The van der Waals surface area contributed by atoms with Crippen molar-refractivity contribution in [1.29, 1.82) is 0 Å². The molecule has 0 aromatic carbocycles. The van der Waals surface area contributed by atoms with E-state index in [9.17, 15) is 26.7 Å². The van der Waals surface area contributed by atoms with Crippen LogP contribution >= 0.6 is 12.4 Å². The van der Waals surface area contributed by atoms with Gasteiger partial charge in [0.1, 0.15) is 13.2 Å². The Hall–Kier alpha value is -0.670. The smallest absolute Gasteiger partial charge is 0.362 e. The van der Waals surface area contributed by atoms with Crippen molar-refractivity contribution in [3.05, 3.63) is 0 Å². The maximum Gasteiger partial charge on any atom is 0.411 e. The standard InChI is InChI=1S/C7H11F5N2O2.ClH/c8-6(9,2-13)3-14-5(15)1-16-4-7(10,11)12;/h1-4,13H2,(H,14,15);1H. The molecular weight excluding hydrogens is 275 g/mol. The highest BCUT2D eigenvalue weighted by Gasteiger charge is 2.29. The number of rotatable bonds is 6. The Morgan fingerprint density at radius 2 is 1.76 bits per heavy atom. The molecule has 0 aliphatic heterocycles. The maximum atomic E-state index is 12.5. The van der Waals surface area contributed by atoms with E-state index in [0.717, 1.165) is 0 Å². The van der Waals surface area contributed by atoms with Crippen LogP contribution in [0.2, 0.25) is 0 Å². The summed E-state index contributed by atoms with van der Waals surface area (Å²) in [6, 6.07) is 0.